The lowest BCUT2D eigenvalue weighted by molar-refractivity contribution is -0.134. The van der Waals surface area contributed by atoms with Gasteiger partial charge in [-0.2, -0.15) is 0 Å². The van der Waals surface area contributed by atoms with Crippen LogP contribution in [0.3, 0.4) is 0 Å². The molecule has 1 aliphatic heterocycles. The molecule has 0 saturated heterocycles. The molecule has 0 fully saturated rings. The molecule has 1 N–H and O–H groups in total. The van der Waals surface area contributed by atoms with Crippen LogP contribution in [0.15, 0.2) is 48.5 Å². The predicted octanol–water partition coefficient (Wildman–Crippen LogP) is 3.35. The molecule has 0 bridgehead atoms. The predicted molar refractivity (Wildman–Crippen MR) is 102 cm³/mol. The van der Waals surface area contributed by atoms with Gasteiger partial charge < -0.3 is 15.0 Å². The highest BCUT2D eigenvalue weighted by atomic mass is 35.5. The lowest BCUT2D eigenvalue weighted by Crippen LogP contribution is -2.39. The molecule has 0 spiro atoms. The largest absolute Gasteiger partial charge is 0.497 e. The standard InChI is InChI=1S/C20H24N2O2.ClH/c1-21-11-10-20(23)22-14-17-12-18(24-2)9-8-16(17)13-19(22)15-6-4-3-5-7-15;/h3-9,12,19,21H,10-11,13-14H2,1-2H3;1H. The summed E-state index contributed by atoms with van der Waals surface area (Å²) in [6.07, 6.45) is 1.35. The van der Waals surface area contributed by atoms with E-state index < -0.39 is 0 Å². The van der Waals surface area contributed by atoms with Gasteiger partial charge >= 0.3 is 0 Å². The zero-order chi connectivity index (χ0) is 16.9. The van der Waals surface area contributed by atoms with Crippen LogP contribution in [0, 0.1) is 0 Å². The van der Waals surface area contributed by atoms with Gasteiger partial charge in [-0.1, -0.05) is 36.4 Å². The summed E-state index contributed by atoms with van der Waals surface area (Å²) >= 11 is 0. The molecule has 25 heavy (non-hydrogen) atoms. The second-order valence-corrected chi connectivity index (χ2v) is 6.14. The maximum atomic E-state index is 12.8. The maximum Gasteiger partial charge on any atom is 0.224 e. The first-order valence-corrected chi connectivity index (χ1v) is 8.37. The number of halogens is 1. The maximum absolute atomic E-state index is 12.8. The van der Waals surface area contributed by atoms with Crippen LogP contribution in [0.1, 0.15) is 29.2 Å². The molecule has 5 heteroatoms. The molecule has 2 aromatic rings. The molecule has 1 amide bonds. The molecular weight excluding hydrogens is 336 g/mol. The molecule has 0 radical (unpaired) electrons. The summed E-state index contributed by atoms with van der Waals surface area (Å²) in [4.78, 5) is 14.8. The van der Waals surface area contributed by atoms with E-state index in [0.717, 1.165) is 12.2 Å². The Hall–Kier alpha value is -2.04. The zero-order valence-electron chi connectivity index (χ0n) is 14.7. The lowest BCUT2D eigenvalue weighted by atomic mass is 9.89. The number of benzene rings is 2. The summed E-state index contributed by atoms with van der Waals surface area (Å²) in [5.41, 5.74) is 3.67. The van der Waals surface area contributed by atoms with Crippen molar-refractivity contribution in [3.05, 3.63) is 65.2 Å². The molecule has 1 atom stereocenters. The summed E-state index contributed by atoms with van der Waals surface area (Å²) in [6.45, 7) is 1.33. The minimum atomic E-state index is 0. The van der Waals surface area contributed by atoms with Crippen molar-refractivity contribution in [1.82, 2.24) is 10.2 Å². The second-order valence-electron chi connectivity index (χ2n) is 6.14. The van der Waals surface area contributed by atoms with Gasteiger partial charge in [-0.3, -0.25) is 4.79 Å². The van der Waals surface area contributed by atoms with E-state index in [9.17, 15) is 4.79 Å². The second kappa shape index (κ2) is 8.88. The van der Waals surface area contributed by atoms with E-state index in [1.165, 1.54) is 16.7 Å². The van der Waals surface area contributed by atoms with Gasteiger partial charge in [0.1, 0.15) is 5.75 Å². The van der Waals surface area contributed by atoms with Crippen LogP contribution >= 0.6 is 12.4 Å². The van der Waals surface area contributed by atoms with Crippen molar-refractivity contribution in [1.29, 1.82) is 0 Å². The number of amides is 1. The van der Waals surface area contributed by atoms with Gasteiger partial charge in [0.05, 0.1) is 13.2 Å². The number of carbonyl (C=O) groups is 1. The molecule has 1 aliphatic rings. The number of nitrogens with one attached hydrogen (secondary N) is 1. The van der Waals surface area contributed by atoms with Crippen molar-refractivity contribution < 1.29 is 9.53 Å². The number of hydrogen-bond acceptors (Lipinski definition) is 3. The molecule has 4 nitrogen and oxygen atoms in total. The van der Waals surface area contributed by atoms with Crippen LogP contribution in [0.5, 0.6) is 5.75 Å². The lowest BCUT2D eigenvalue weighted by Gasteiger charge is -2.37. The van der Waals surface area contributed by atoms with E-state index in [0.29, 0.717) is 19.5 Å². The van der Waals surface area contributed by atoms with Crippen molar-refractivity contribution in [2.45, 2.75) is 25.4 Å². The van der Waals surface area contributed by atoms with E-state index in [1.807, 2.05) is 36.2 Å². The summed E-state index contributed by atoms with van der Waals surface area (Å²) in [5, 5.41) is 3.06. The summed E-state index contributed by atoms with van der Waals surface area (Å²) in [7, 11) is 3.55. The third-order valence-corrected chi connectivity index (χ3v) is 4.64. The van der Waals surface area contributed by atoms with Crippen molar-refractivity contribution in [2.24, 2.45) is 0 Å². The number of hydrogen-bond donors (Lipinski definition) is 1. The van der Waals surface area contributed by atoms with Gasteiger partial charge in [-0.15, -0.1) is 12.4 Å². The first kappa shape index (κ1) is 19.3. The molecule has 2 aromatic carbocycles. The van der Waals surface area contributed by atoms with E-state index in [-0.39, 0.29) is 24.4 Å². The quantitative estimate of drug-likeness (QED) is 0.889. The highest BCUT2D eigenvalue weighted by Gasteiger charge is 2.30. The van der Waals surface area contributed by atoms with Gasteiger partial charge in [-0.05, 0) is 42.3 Å². The van der Waals surface area contributed by atoms with E-state index in [2.05, 4.69) is 29.6 Å². The third kappa shape index (κ3) is 4.33. The molecule has 1 unspecified atom stereocenters. The highest BCUT2D eigenvalue weighted by molar-refractivity contribution is 5.85. The SMILES string of the molecule is CNCCC(=O)N1Cc2cc(OC)ccc2CC1c1ccccc1.Cl. The summed E-state index contributed by atoms with van der Waals surface area (Å²) < 4.78 is 5.34. The molecule has 1 heterocycles. The van der Waals surface area contributed by atoms with Crippen LogP contribution in [0.25, 0.3) is 0 Å². The minimum absolute atomic E-state index is 0. The average Bonchev–Trinajstić information content (AvgIpc) is 2.65. The number of carbonyl (C=O) groups excluding carboxylic acids is 1. The van der Waals surface area contributed by atoms with Gasteiger partial charge in [0.25, 0.3) is 0 Å². The zero-order valence-corrected chi connectivity index (χ0v) is 15.5. The molecule has 0 saturated carbocycles. The minimum Gasteiger partial charge on any atom is -0.497 e. The Morgan fingerprint density at radius 3 is 2.64 bits per heavy atom. The third-order valence-electron chi connectivity index (χ3n) is 4.64. The number of rotatable bonds is 5. The molecule has 134 valence electrons. The number of methoxy groups -OCH3 is 1. The fourth-order valence-electron chi connectivity index (χ4n) is 3.30. The first-order chi connectivity index (χ1) is 11.7. The van der Waals surface area contributed by atoms with E-state index in [4.69, 9.17) is 4.74 Å². The fraction of sp³-hybridized carbons (Fsp3) is 0.350. The normalized spacial score (nSPS) is 15.9. The van der Waals surface area contributed by atoms with Crippen LogP contribution in [0.4, 0.5) is 0 Å². The average molecular weight is 361 g/mol. The summed E-state index contributed by atoms with van der Waals surface area (Å²) in [5.74, 6) is 1.03. The van der Waals surface area contributed by atoms with Crippen LogP contribution in [-0.2, 0) is 17.8 Å². The molecule has 0 aliphatic carbocycles. The fourth-order valence-corrected chi connectivity index (χ4v) is 3.30. The Labute approximate surface area is 155 Å². The van der Waals surface area contributed by atoms with Crippen molar-refractivity contribution in [2.75, 3.05) is 20.7 Å². The van der Waals surface area contributed by atoms with Crippen LogP contribution in [-0.4, -0.2) is 31.5 Å². The van der Waals surface area contributed by atoms with Gasteiger partial charge in [0, 0.05) is 19.5 Å². The molecule has 3 rings (SSSR count). The van der Waals surface area contributed by atoms with Crippen LogP contribution in [0.2, 0.25) is 0 Å². The highest BCUT2D eigenvalue weighted by Crippen LogP contribution is 2.35. The number of nitrogens with zero attached hydrogens (tertiary/aromatic N) is 1. The van der Waals surface area contributed by atoms with Crippen LogP contribution < -0.4 is 10.1 Å². The van der Waals surface area contributed by atoms with Gasteiger partial charge in [-0.25, -0.2) is 0 Å². The number of ether oxygens (including phenoxy) is 1. The van der Waals surface area contributed by atoms with Crippen molar-refractivity contribution in [3.8, 4) is 5.75 Å². The molecule has 0 aromatic heterocycles. The Morgan fingerprint density at radius 1 is 1.20 bits per heavy atom. The van der Waals surface area contributed by atoms with Crippen molar-refractivity contribution in [3.63, 3.8) is 0 Å². The number of fused-ring (bicyclic) bond motifs is 1. The Balaban J connectivity index is 0.00000225. The molecular formula is C20H25ClN2O2. The Bertz CT molecular complexity index is 706. The van der Waals surface area contributed by atoms with Gasteiger partial charge in [0.15, 0.2) is 0 Å². The van der Waals surface area contributed by atoms with Crippen molar-refractivity contribution >= 4 is 18.3 Å². The summed E-state index contributed by atoms with van der Waals surface area (Å²) in [6, 6.07) is 16.6. The Morgan fingerprint density at radius 2 is 1.96 bits per heavy atom. The topological polar surface area (TPSA) is 41.6 Å². The smallest absolute Gasteiger partial charge is 0.224 e. The van der Waals surface area contributed by atoms with E-state index >= 15 is 0 Å². The Kier molecular flexibility index (Phi) is 6.85. The van der Waals surface area contributed by atoms with E-state index in [1.54, 1.807) is 7.11 Å². The first-order valence-electron chi connectivity index (χ1n) is 8.37. The van der Waals surface area contributed by atoms with Gasteiger partial charge in [0.2, 0.25) is 5.91 Å². The monoisotopic (exact) mass is 360 g/mol.